The van der Waals surface area contributed by atoms with E-state index in [1.165, 1.54) is 11.1 Å². The average Bonchev–Trinajstić information content (AvgIpc) is 2.50. The fraction of sp³-hybridized carbons (Fsp3) is 0.235. The highest BCUT2D eigenvalue weighted by molar-refractivity contribution is 9.10. The highest BCUT2D eigenvalue weighted by atomic mass is 79.9. The maximum atomic E-state index is 11.8. The van der Waals surface area contributed by atoms with Gasteiger partial charge in [-0.15, -0.1) is 0 Å². The molecule has 0 saturated heterocycles. The lowest BCUT2D eigenvalue weighted by Gasteiger charge is -2.08. The van der Waals surface area contributed by atoms with Gasteiger partial charge in [0, 0.05) is 16.7 Å². The first kappa shape index (κ1) is 15.6. The molecule has 110 valence electrons. The lowest BCUT2D eigenvalue weighted by atomic mass is 10.1. The predicted octanol–water partition coefficient (Wildman–Crippen LogP) is 4.38. The van der Waals surface area contributed by atoms with E-state index in [0.717, 1.165) is 23.0 Å². The van der Waals surface area contributed by atoms with Gasteiger partial charge in [-0.1, -0.05) is 47.1 Å². The molecule has 2 rings (SSSR count). The van der Waals surface area contributed by atoms with Gasteiger partial charge in [0.05, 0.1) is 0 Å². The van der Waals surface area contributed by atoms with Crippen LogP contribution in [0.3, 0.4) is 0 Å². The molecule has 0 fully saturated rings. The zero-order valence-electron chi connectivity index (χ0n) is 12.0. The Morgan fingerprint density at radius 1 is 1.00 bits per heavy atom. The Balaban J connectivity index is 1.75. The molecule has 21 heavy (non-hydrogen) atoms. The van der Waals surface area contributed by atoms with Gasteiger partial charge >= 0.3 is 6.03 Å². The molecule has 0 atom stereocenters. The fourth-order valence-electron chi connectivity index (χ4n) is 1.97. The molecule has 0 aliphatic heterocycles. The summed E-state index contributed by atoms with van der Waals surface area (Å²) >= 11 is 3.40. The number of urea groups is 1. The number of carbonyl (C=O) groups is 1. The first-order chi connectivity index (χ1) is 10.2. The Morgan fingerprint density at radius 3 is 2.24 bits per heavy atom. The van der Waals surface area contributed by atoms with Crippen LogP contribution in [0.4, 0.5) is 10.5 Å². The van der Waals surface area contributed by atoms with Crippen molar-refractivity contribution < 1.29 is 4.79 Å². The monoisotopic (exact) mass is 346 g/mol. The Morgan fingerprint density at radius 2 is 1.62 bits per heavy atom. The highest BCUT2D eigenvalue weighted by Gasteiger charge is 2.01. The van der Waals surface area contributed by atoms with Gasteiger partial charge in [-0.25, -0.2) is 4.79 Å². The summed E-state index contributed by atoms with van der Waals surface area (Å²) in [5, 5.41) is 5.69. The first-order valence-corrected chi connectivity index (χ1v) is 7.85. The third-order valence-corrected chi connectivity index (χ3v) is 3.76. The number of aryl methyl sites for hydroxylation is 1. The van der Waals surface area contributed by atoms with E-state index in [9.17, 15) is 4.79 Å². The Kier molecular flexibility index (Phi) is 5.81. The molecule has 2 aromatic carbocycles. The van der Waals surface area contributed by atoms with Gasteiger partial charge in [0.1, 0.15) is 0 Å². The molecule has 4 heteroatoms. The van der Waals surface area contributed by atoms with Crippen molar-refractivity contribution in [1.29, 1.82) is 0 Å². The molecule has 0 aliphatic carbocycles. The number of nitrogens with one attached hydrogen (secondary N) is 2. The van der Waals surface area contributed by atoms with E-state index in [4.69, 9.17) is 0 Å². The van der Waals surface area contributed by atoms with Gasteiger partial charge in [0.25, 0.3) is 0 Å². The number of halogens is 1. The third-order valence-electron chi connectivity index (χ3n) is 3.23. The first-order valence-electron chi connectivity index (χ1n) is 7.05. The zero-order chi connectivity index (χ0) is 15.1. The second kappa shape index (κ2) is 7.84. The van der Waals surface area contributed by atoms with Crippen LogP contribution in [-0.2, 0) is 12.8 Å². The summed E-state index contributed by atoms with van der Waals surface area (Å²) in [7, 11) is 0. The summed E-state index contributed by atoms with van der Waals surface area (Å²) in [6.07, 6.45) is 1.81. The maximum absolute atomic E-state index is 11.8. The quantitative estimate of drug-likeness (QED) is 0.828. The highest BCUT2D eigenvalue weighted by Crippen LogP contribution is 2.11. The minimum absolute atomic E-state index is 0.170. The van der Waals surface area contributed by atoms with Gasteiger partial charge in [-0.2, -0.15) is 0 Å². The number of amides is 2. The summed E-state index contributed by atoms with van der Waals surface area (Å²) in [5.41, 5.74) is 3.27. The Labute approximate surface area is 133 Å². The normalized spacial score (nSPS) is 10.2. The predicted molar refractivity (Wildman–Crippen MR) is 90.7 cm³/mol. The standard InChI is InChI=1S/C17H19BrN2O/c1-2-13-5-9-16(10-6-13)20-17(21)19-12-11-14-3-7-15(18)8-4-14/h3-10H,2,11-12H2,1H3,(H2,19,20,21). The van der Waals surface area contributed by atoms with Crippen LogP contribution in [0.25, 0.3) is 0 Å². The van der Waals surface area contributed by atoms with Crippen molar-refractivity contribution in [1.82, 2.24) is 5.32 Å². The zero-order valence-corrected chi connectivity index (χ0v) is 13.6. The molecule has 0 unspecified atom stereocenters. The molecule has 2 N–H and O–H groups in total. The van der Waals surface area contributed by atoms with Crippen LogP contribution in [0, 0.1) is 0 Å². The van der Waals surface area contributed by atoms with Crippen molar-refractivity contribution in [3.8, 4) is 0 Å². The number of benzene rings is 2. The molecule has 0 aliphatic rings. The van der Waals surface area contributed by atoms with Crippen molar-refractivity contribution in [3.05, 3.63) is 64.1 Å². The molecule has 0 saturated carbocycles. The van der Waals surface area contributed by atoms with Gasteiger partial charge in [0.15, 0.2) is 0 Å². The maximum Gasteiger partial charge on any atom is 0.319 e. The molecule has 0 bridgehead atoms. The minimum Gasteiger partial charge on any atom is -0.338 e. The molecule has 0 radical (unpaired) electrons. The van der Waals surface area contributed by atoms with E-state index in [0.29, 0.717) is 6.54 Å². The van der Waals surface area contributed by atoms with Crippen LogP contribution in [0.5, 0.6) is 0 Å². The van der Waals surface area contributed by atoms with Crippen LogP contribution in [0.15, 0.2) is 53.0 Å². The van der Waals surface area contributed by atoms with Crippen molar-refractivity contribution >= 4 is 27.6 Å². The molecule has 0 heterocycles. The largest absolute Gasteiger partial charge is 0.338 e. The number of hydrogen-bond donors (Lipinski definition) is 2. The second-order valence-electron chi connectivity index (χ2n) is 4.81. The fourth-order valence-corrected chi connectivity index (χ4v) is 2.23. The Hall–Kier alpha value is -1.81. The lowest BCUT2D eigenvalue weighted by molar-refractivity contribution is 0.252. The van der Waals surface area contributed by atoms with E-state index in [2.05, 4.69) is 33.5 Å². The van der Waals surface area contributed by atoms with E-state index < -0.39 is 0 Å². The van der Waals surface area contributed by atoms with E-state index in [1.54, 1.807) is 0 Å². The van der Waals surface area contributed by atoms with E-state index in [-0.39, 0.29) is 6.03 Å². The number of anilines is 1. The van der Waals surface area contributed by atoms with Crippen LogP contribution in [0.1, 0.15) is 18.1 Å². The van der Waals surface area contributed by atoms with Crippen molar-refractivity contribution in [2.75, 3.05) is 11.9 Å². The summed E-state index contributed by atoms with van der Waals surface area (Å²) in [6, 6.07) is 15.8. The van der Waals surface area contributed by atoms with Gasteiger partial charge < -0.3 is 10.6 Å². The molecule has 0 spiro atoms. The molecular formula is C17H19BrN2O. The van der Waals surface area contributed by atoms with Crippen LogP contribution in [0.2, 0.25) is 0 Å². The third kappa shape index (κ3) is 5.23. The molecular weight excluding hydrogens is 328 g/mol. The molecule has 2 aromatic rings. The smallest absolute Gasteiger partial charge is 0.319 e. The molecule has 0 aromatic heterocycles. The van der Waals surface area contributed by atoms with Crippen LogP contribution < -0.4 is 10.6 Å². The summed E-state index contributed by atoms with van der Waals surface area (Å²) < 4.78 is 1.06. The van der Waals surface area contributed by atoms with Crippen LogP contribution >= 0.6 is 15.9 Å². The summed E-state index contributed by atoms with van der Waals surface area (Å²) in [6.45, 7) is 2.72. The topological polar surface area (TPSA) is 41.1 Å². The lowest BCUT2D eigenvalue weighted by Crippen LogP contribution is -2.30. The summed E-state index contributed by atoms with van der Waals surface area (Å²) in [5.74, 6) is 0. The van der Waals surface area contributed by atoms with Crippen molar-refractivity contribution in [2.24, 2.45) is 0 Å². The van der Waals surface area contributed by atoms with Gasteiger partial charge in [0.2, 0.25) is 0 Å². The SMILES string of the molecule is CCc1ccc(NC(=O)NCCc2ccc(Br)cc2)cc1. The van der Waals surface area contributed by atoms with E-state index >= 15 is 0 Å². The number of carbonyl (C=O) groups excluding carboxylic acids is 1. The van der Waals surface area contributed by atoms with Gasteiger partial charge in [-0.05, 0) is 48.2 Å². The second-order valence-corrected chi connectivity index (χ2v) is 5.72. The Bertz CT molecular complexity index is 579. The minimum atomic E-state index is -0.170. The molecule has 2 amide bonds. The number of rotatable bonds is 5. The van der Waals surface area contributed by atoms with Crippen LogP contribution in [-0.4, -0.2) is 12.6 Å². The number of hydrogen-bond acceptors (Lipinski definition) is 1. The average molecular weight is 347 g/mol. The summed E-state index contributed by atoms with van der Waals surface area (Å²) in [4.78, 5) is 11.8. The molecule has 3 nitrogen and oxygen atoms in total. The van der Waals surface area contributed by atoms with Gasteiger partial charge in [-0.3, -0.25) is 0 Å². The van der Waals surface area contributed by atoms with E-state index in [1.807, 2.05) is 48.5 Å². The van der Waals surface area contributed by atoms with Crippen molar-refractivity contribution in [3.63, 3.8) is 0 Å². The van der Waals surface area contributed by atoms with Crippen molar-refractivity contribution in [2.45, 2.75) is 19.8 Å².